The number of aryl methyl sites for hydroxylation is 1. The predicted octanol–water partition coefficient (Wildman–Crippen LogP) is 6.06. The molecule has 1 aliphatic rings. The van der Waals surface area contributed by atoms with Crippen molar-refractivity contribution in [3.8, 4) is 11.5 Å². The van der Waals surface area contributed by atoms with Gasteiger partial charge in [0, 0.05) is 5.56 Å². The number of rotatable bonds is 6. The second-order valence-corrected chi connectivity index (χ2v) is 8.89. The first-order chi connectivity index (χ1) is 15.4. The minimum absolute atomic E-state index is 0.239. The van der Waals surface area contributed by atoms with Crippen LogP contribution in [0.2, 0.25) is 0 Å². The van der Waals surface area contributed by atoms with Gasteiger partial charge in [0.05, 0.1) is 6.61 Å². The summed E-state index contributed by atoms with van der Waals surface area (Å²) in [7, 11) is 4.14. The Hall–Kier alpha value is -3.02. The number of fused-ring (bicyclic) bond motifs is 2. The van der Waals surface area contributed by atoms with Crippen LogP contribution in [0.3, 0.4) is 0 Å². The molecule has 1 aliphatic heterocycles. The van der Waals surface area contributed by atoms with E-state index >= 15 is 0 Å². The van der Waals surface area contributed by atoms with Crippen LogP contribution in [0.15, 0.2) is 65.1 Å². The number of oxazole rings is 1. The normalized spacial score (nSPS) is 17.9. The first-order valence-corrected chi connectivity index (χ1v) is 11.0. The average molecular weight is 431 g/mol. The summed E-state index contributed by atoms with van der Waals surface area (Å²) < 4.78 is 26.1. The fourth-order valence-corrected chi connectivity index (χ4v) is 4.63. The van der Waals surface area contributed by atoms with Gasteiger partial charge in [-0.1, -0.05) is 24.3 Å². The van der Waals surface area contributed by atoms with Gasteiger partial charge in [-0.25, -0.2) is 9.37 Å². The highest BCUT2D eigenvalue weighted by Gasteiger charge is 2.41. The Morgan fingerprint density at radius 2 is 1.84 bits per heavy atom. The highest BCUT2D eigenvalue weighted by Crippen LogP contribution is 2.46. The molecule has 1 unspecified atom stereocenters. The van der Waals surface area contributed by atoms with Crippen LogP contribution >= 0.6 is 0 Å². The lowest BCUT2D eigenvalue weighted by atomic mass is 9.81. The third kappa shape index (κ3) is 3.72. The Kier molecular flexibility index (Phi) is 5.31. The molecule has 4 aromatic rings. The van der Waals surface area contributed by atoms with Crippen LogP contribution in [0.1, 0.15) is 35.1 Å². The molecule has 164 valence electrons. The largest absolute Gasteiger partial charge is 0.436 e. The molecule has 0 amide bonds. The molecule has 5 rings (SSSR count). The van der Waals surface area contributed by atoms with E-state index in [-0.39, 0.29) is 5.82 Å². The lowest BCUT2D eigenvalue weighted by molar-refractivity contribution is -0.0140. The van der Waals surface area contributed by atoms with Crippen LogP contribution in [0, 0.1) is 12.7 Å². The monoisotopic (exact) mass is 430 g/mol. The van der Waals surface area contributed by atoms with E-state index in [4.69, 9.17) is 9.15 Å². The van der Waals surface area contributed by atoms with Crippen LogP contribution in [0.25, 0.3) is 22.6 Å². The fraction of sp³-hybridized carbons (Fsp3) is 0.296. The van der Waals surface area contributed by atoms with Crippen LogP contribution < -0.4 is 0 Å². The van der Waals surface area contributed by atoms with Gasteiger partial charge < -0.3 is 14.1 Å². The minimum Gasteiger partial charge on any atom is -0.436 e. The highest BCUT2D eigenvalue weighted by atomic mass is 19.1. The molecule has 0 bridgehead atoms. The van der Waals surface area contributed by atoms with Gasteiger partial charge in [-0.15, -0.1) is 0 Å². The zero-order valence-electron chi connectivity index (χ0n) is 18.7. The number of hydrogen-bond donors (Lipinski definition) is 0. The van der Waals surface area contributed by atoms with Gasteiger partial charge in [0.2, 0.25) is 5.89 Å². The lowest BCUT2D eigenvalue weighted by Crippen LogP contribution is -2.28. The van der Waals surface area contributed by atoms with Crippen LogP contribution in [-0.2, 0) is 16.9 Å². The summed E-state index contributed by atoms with van der Waals surface area (Å²) >= 11 is 0. The Labute approximate surface area is 187 Å². The molecule has 3 aromatic carbocycles. The molecule has 0 saturated heterocycles. The molecule has 0 N–H and O–H groups in total. The molecule has 0 saturated carbocycles. The molecule has 0 fully saturated rings. The van der Waals surface area contributed by atoms with Gasteiger partial charge in [0.1, 0.15) is 16.9 Å². The van der Waals surface area contributed by atoms with Crippen molar-refractivity contribution in [2.75, 3.05) is 20.6 Å². The molecule has 0 radical (unpaired) electrons. The first-order valence-electron chi connectivity index (χ1n) is 11.0. The van der Waals surface area contributed by atoms with E-state index in [1.807, 2.05) is 37.3 Å². The molecular weight excluding hydrogens is 403 g/mol. The zero-order chi connectivity index (χ0) is 22.3. The van der Waals surface area contributed by atoms with E-state index in [0.717, 1.165) is 58.3 Å². The quantitative estimate of drug-likeness (QED) is 0.373. The smallest absolute Gasteiger partial charge is 0.227 e. The maximum atomic E-state index is 13.6. The maximum Gasteiger partial charge on any atom is 0.227 e. The van der Waals surface area contributed by atoms with E-state index < -0.39 is 5.60 Å². The zero-order valence-corrected chi connectivity index (χ0v) is 18.7. The molecule has 0 aliphatic carbocycles. The molecule has 2 heterocycles. The maximum absolute atomic E-state index is 13.6. The standard InChI is InChI=1S/C27H27FN2O2/c1-18-5-12-25-24(15-18)29-26(32-25)19-6-11-23-20(16-19)17-31-27(23,13-4-14-30(2)3)21-7-9-22(28)10-8-21/h5-12,15-16H,4,13-14,17H2,1-3H3. The summed E-state index contributed by atoms with van der Waals surface area (Å²) in [5.41, 5.74) is 6.41. The van der Waals surface area contributed by atoms with Crippen LogP contribution in [-0.4, -0.2) is 30.5 Å². The second-order valence-electron chi connectivity index (χ2n) is 8.89. The summed E-state index contributed by atoms with van der Waals surface area (Å²) in [6.45, 7) is 3.51. The molecule has 1 atom stereocenters. The first kappa shape index (κ1) is 20.9. The average Bonchev–Trinajstić information content (AvgIpc) is 3.35. The van der Waals surface area contributed by atoms with Gasteiger partial charge in [0.15, 0.2) is 5.58 Å². The summed E-state index contributed by atoms with van der Waals surface area (Å²) in [6, 6.07) is 19.0. The van der Waals surface area contributed by atoms with Crippen molar-refractivity contribution in [2.45, 2.75) is 32.0 Å². The van der Waals surface area contributed by atoms with Crippen molar-refractivity contribution in [1.82, 2.24) is 9.88 Å². The van der Waals surface area contributed by atoms with E-state index in [0.29, 0.717) is 12.5 Å². The Morgan fingerprint density at radius 3 is 2.62 bits per heavy atom. The van der Waals surface area contributed by atoms with Crippen molar-refractivity contribution in [3.63, 3.8) is 0 Å². The summed E-state index contributed by atoms with van der Waals surface area (Å²) in [5, 5.41) is 0. The van der Waals surface area contributed by atoms with Gasteiger partial charge in [-0.2, -0.15) is 0 Å². The number of aromatic nitrogens is 1. The van der Waals surface area contributed by atoms with Crippen molar-refractivity contribution in [1.29, 1.82) is 0 Å². The second kappa shape index (κ2) is 8.15. The van der Waals surface area contributed by atoms with E-state index in [9.17, 15) is 4.39 Å². The topological polar surface area (TPSA) is 38.5 Å². The minimum atomic E-state index is -0.573. The fourth-order valence-electron chi connectivity index (χ4n) is 4.63. The van der Waals surface area contributed by atoms with Crippen molar-refractivity contribution < 1.29 is 13.5 Å². The van der Waals surface area contributed by atoms with Gasteiger partial charge in [-0.3, -0.25) is 0 Å². The number of benzene rings is 3. The predicted molar refractivity (Wildman–Crippen MR) is 124 cm³/mol. The van der Waals surface area contributed by atoms with Gasteiger partial charge in [-0.05, 0) is 99.1 Å². The molecular formula is C27H27FN2O2. The number of halogens is 1. The number of ether oxygens (including phenoxy) is 1. The van der Waals surface area contributed by atoms with Crippen molar-refractivity contribution in [2.24, 2.45) is 0 Å². The van der Waals surface area contributed by atoms with Gasteiger partial charge >= 0.3 is 0 Å². The number of hydrogen-bond acceptors (Lipinski definition) is 4. The third-order valence-electron chi connectivity index (χ3n) is 6.25. The summed E-state index contributed by atoms with van der Waals surface area (Å²) in [4.78, 5) is 6.86. The van der Waals surface area contributed by atoms with E-state index in [1.165, 1.54) is 12.1 Å². The SMILES string of the molecule is Cc1ccc2oc(-c3ccc4c(c3)COC4(CCCN(C)C)c3ccc(F)cc3)nc2c1. The Bertz CT molecular complexity index is 1260. The Balaban J connectivity index is 1.54. The summed E-state index contributed by atoms with van der Waals surface area (Å²) in [6.07, 6.45) is 1.79. The van der Waals surface area contributed by atoms with E-state index in [2.05, 4.69) is 42.2 Å². The number of nitrogens with zero attached hydrogens (tertiary/aromatic N) is 2. The van der Waals surface area contributed by atoms with E-state index in [1.54, 1.807) is 0 Å². The molecule has 32 heavy (non-hydrogen) atoms. The van der Waals surface area contributed by atoms with Crippen molar-refractivity contribution >= 4 is 11.1 Å². The Morgan fingerprint density at radius 1 is 1.03 bits per heavy atom. The summed E-state index contributed by atoms with van der Waals surface area (Å²) in [5.74, 6) is 0.372. The molecule has 4 nitrogen and oxygen atoms in total. The van der Waals surface area contributed by atoms with Crippen LogP contribution in [0.4, 0.5) is 4.39 Å². The highest BCUT2D eigenvalue weighted by molar-refractivity contribution is 5.77. The molecule has 0 spiro atoms. The lowest BCUT2D eigenvalue weighted by Gasteiger charge is -2.31. The molecule has 5 heteroatoms. The van der Waals surface area contributed by atoms with Crippen molar-refractivity contribution in [3.05, 3.63) is 88.7 Å². The molecule has 1 aromatic heterocycles. The van der Waals surface area contributed by atoms with Crippen LogP contribution in [0.5, 0.6) is 0 Å². The third-order valence-corrected chi connectivity index (χ3v) is 6.25. The van der Waals surface area contributed by atoms with Gasteiger partial charge in [0.25, 0.3) is 0 Å².